The molecule has 2 saturated heterocycles. The van der Waals surface area contributed by atoms with Crippen molar-refractivity contribution in [3.63, 3.8) is 0 Å². The third-order valence-electron chi connectivity index (χ3n) is 7.93. The van der Waals surface area contributed by atoms with Gasteiger partial charge in [-0.25, -0.2) is 9.97 Å². The van der Waals surface area contributed by atoms with E-state index < -0.39 is 0 Å². The Kier molecular flexibility index (Phi) is 6.02. The molecule has 9 heteroatoms. The summed E-state index contributed by atoms with van der Waals surface area (Å²) < 4.78 is 0. The quantitative estimate of drug-likeness (QED) is 0.273. The highest BCUT2D eigenvalue weighted by molar-refractivity contribution is 7.09. The zero-order valence-corrected chi connectivity index (χ0v) is 21.7. The third kappa shape index (κ3) is 4.46. The number of thiazole rings is 1. The number of imidazole rings is 1. The van der Waals surface area contributed by atoms with E-state index in [0.29, 0.717) is 6.54 Å². The number of hydrogen-bond donors (Lipinski definition) is 3. The standard InChI is InChI=1S/C28H32N8S/c1-2-12-35(13-3-1)19-9-14-36(15-10-19)20-7-8-21-24(17-20)32-28(31-21)27-26-22(5-4-6-23(26)33-34-27)30-18-25-29-11-16-37-25/h4-8,11,16-17,19,30H,1-3,9-10,12-15,18H2,(H,31,32)(H,33,34). The van der Waals surface area contributed by atoms with Crippen LogP contribution in [0.15, 0.2) is 48.0 Å². The van der Waals surface area contributed by atoms with E-state index in [1.54, 1.807) is 11.3 Å². The van der Waals surface area contributed by atoms with Gasteiger partial charge in [0.05, 0.1) is 28.5 Å². The molecule has 8 nitrogen and oxygen atoms in total. The van der Waals surface area contributed by atoms with Crippen LogP contribution in [0.4, 0.5) is 11.4 Å². The van der Waals surface area contributed by atoms with E-state index in [1.165, 1.54) is 50.9 Å². The molecule has 2 aromatic carbocycles. The molecular weight excluding hydrogens is 480 g/mol. The van der Waals surface area contributed by atoms with Crippen LogP contribution in [0, 0.1) is 0 Å². The van der Waals surface area contributed by atoms with Gasteiger partial charge in [0.1, 0.15) is 10.7 Å². The summed E-state index contributed by atoms with van der Waals surface area (Å²) in [6, 6.07) is 13.5. The monoisotopic (exact) mass is 512 g/mol. The van der Waals surface area contributed by atoms with Crippen LogP contribution >= 0.6 is 11.3 Å². The van der Waals surface area contributed by atoms with Crippen molar-refractivity contribution >= 4 is 44.6 Å². The molecule has 7 rings (SSSR count). The highest BCUT2D eigenvalue weighted by Crippen LogP contribution is 2.33. The van der Waals surface area contributed by atoms with E-state index in [9.17, 15) is 0 Å². The molecule has 0 aliphatic carbocycles. The van der Waals surface area contributed by atoms with Crippen molar-refractivity contribution in [3.05, 3.63) is 53.0 Å². The van der Waals surface area contributed by atoms with E-state index in [4.69, 9.17) is 4.98 Å². The van der Waals surface area contributed by atoms with Crippen molar-refractivity contribution in [1.29, 1.82) is 0 Å². The van der Waals surface area contributed by atoms with Crippen molar-refractivity contribution in [1.82, 2.24) is 30.0 Å². The molecule has 0 spiro atoms. The first-order valence-corrected chi connectivity index (χ1v) is 14.3. The number of aromatic amines is 2. The summed E-state index contributed by atoms with van der Waals surface area (Å²) in [5.74, 6) is 0.783. The molecule has 0 amide bonds. The Hall–Kier alpha value is -3.43. The Morgan fingerprint density at radius 1 is 1.00 bits per heavy atom. The van der Waals surface area contributed by atoms with E-state index in [2.05, 4.69) is 65.6 Å². The maximum atomic E-state index is 4.91. The van der Waals surface area contributed by atoms with Gasteiger partial charge < -0.3 is 20.1 Å². The van der Waals surface area contributed by atoms with E-state index in [0.717, 1.165) is 63.3 Å². The molecule has 2 fully saturated rings. The van der Waals surface area contributed by atoms with Gasteiger partial charge in [0, 0.05) is 42.1 Å². The maximum absolute atomic E-state index is 4.91. The van der Waals surface area contributed by atoms with Gasteiger partial charge in [0.15, 0.2) is 5.82 Å². The number of nitrogens with zero attached hydrogens (tertiary/aromatic N) is 5. The molecule has 0 saturated carbocycles. The lowest BCUT2D eigenvalue weighted by atomic mass is 9.99. The lowest BCUT2D eigenvalue weighted by molar-refractivity contribution is 0.141. The van der Waals surface area contributed by atoms with Crippen LogP contribution in [0.5, 0.6) is 0 Å². The van der Waals surface area contributed by atoms with Crippen LogP contribution in [-0.2, 0) is 6.54 Å². The molecule has 0 atom stereocenters. The fraction of sp³-hybridized carbons (Fsp3) is 0.393. The molecule has 0 radical (unpaired) electrons. The molecule has 0 bridgehead atoms. The summed E-state index contributed by atoms with van der Waals surface area (Å²) in [4.78, 5) is 18.1. The van der Waals surface area contributed by atoms with Gasteiger partial charge in [-0.3, -0.25) is 5.10 Å². The zero-order valence-electron chi connectivity index (χ0n) is 20.9. The Bertz CT molecular complexity index is 1490. The minimum atomic E-state index is 0.680. The largest absolute Gasteiger partial charge is 0.378 e. The smallest absolute Gasteiger partial charge is 0.159 e. The number of piperidine rings is 2. The number of nitrogens with one attached hydrogen (secondary N) is 3. The second-order valence-electron chi connectivity index (χ2n) is 10.2. The van der Waals surface area contributed by atoms with Crippen LogP contribution < -0.4 is 10.2 Å². The van der Waals surface area contributed by atoms with Gasteiger partial charge in [-0.2, -0.15) is 5.10 Å². The summed E-state index contributed by atoms with van der Waals surface area (Å²) >= 11 is 1.65. The minimum absolute atomic E-state index is 0.680. The third-order valence-corrected chi connectivity index (χ3v) is 8.71. The lowest BCUT2D eigenvalue weighted by Gasteiger charge is -2.41. The number of hydrogen-bond acceptors (Lipinski definition) is 7. The molecule has 2 aliphatic rings. The highest BCUT2D eigenvalue weighted by atomic mass is 32.1. The fourth-order valence-corrected chi connectivity index (χ4v) is 6.54. The van der Waals surface area contributed by atoms with E-state index in [-0.39, 0.29) is 0 Å². The number of likely N-dealkylation sites (tertiary alicyclic amines) is 1. The predicted octanol–water partition coefficient (Wildman–Crippen LogP) is 5.63. The van der Waals surface area contributed by atoms with E-state index in [1.807, 2.05) is 17.6 Å². The molecule has 5 heterocycles. The minimum Gasteiger partial charge on any atom is -0.378 e. The Morgan fingerprint density at radius 2 is 1.89 bits per heavy atom. The molecule has 190 valence electrons. The van der Waals surface area contributed by atoms with Gasteiger partial charge in [-0.05, 0) is 69.1 Å². The SMILES string of the molecule is c1cc(NCc2nccs2)c2c(-c3nc4ccc(N5CCC(N6CCCCC6)CC5)cc4[nH]3)n[nH]c2c1. The van der Waals surface area contributed by atoms with Gasteiger partial charge in [-0.15, -0.1) is 11.3 Å². The van der Waals surface area contributed by atoms with Crippen LogP contribution in [0.25, 0.3) is 33.5 Å². The van der Waals surface area contributed by atoms with Crippen molar-refractivity contribution in [2.24, 2.45) is 0 Å². The first kappa shape index (κ1) is 22.7. The number of H-pyrrole nitrogens is 2. The number of fused-ring (bicyclic) bond motifs is 2. The first-order chi connectivity index (χ1) is 18.3. The summed E-state index contributed by atoms with van der Waals surface area (Å²) in [6.45, 7) is 5.49. The average Bonchev–Trinajstić information content (AvgIpc) is 3.72. The topological polar surface area (TPSA) is 88.8 Å². The van der Waals surface area contributed by atoms with Crippen molar-refractivity contribution < 1.29 is 0 Å². The number of benzene rings is 2. The molecule has 0 unspecified atom stereocenters. The van der Waals surface area contributed by atoms with Gasteiger partial charge >= 0.3 is 0 Å². The molecule has 3 aromatic heterocycles. The molecular formula is C28H32N8S. The Morgan fingerprint density at radius 3 is 2.73 bits per heavy atom. The summed E-state index contributed by atoms with van der Waals surface area (Å²) in [5.41, 5.74) is 6.13. The summed E-state index contributed by atoms with van der Waals surface area (Å²) in [7, 11) is 0. The molecule has 3 N–H and O–H groups in total. The van der Waals surface area contributed by atoms with Crippen molar-refractivity contribution in [2.75, 3.05) is 36.4 Å². The van der Waals surface area contributed by atoms with E-state index >= 15 is 0 Å². The predicted molar refractivity (Wildman–Crippen MR) is 151 cm³/mol. The molecule has 37 heavy (non-hydrogen) atoms. The number of anilines is 2. The molecule has 2 aliphatic heterocycles. The van der Waals surface area contributed by atoms with Gasteiger partial charge in [0.2, 0.25) is 0 Å². The molecule has 5 aromatic rings. The zero-order chi connectivity index (χ0) is 24.6. The normalized spacial score (nSPS) is 17.7. The van der Waals surface area contributed by atoms with Crippen LogP contribution in [0.3, 0.4) is 0 Å². The van der Waals surface area contributed by atoms with Gasteiger partial charge in [-0.1, -0.05) is 12.5 Å². The van der Waals surface area contributed by atoms with Crippen molar-refractivity contribution in [2.45, 2.75) is 44.7 Å². The second-order valence-corrected chi connectivity index (χ2v) is 11.2. The maximum Gasteiger partial charge on any atom is 0.159 e. The number of aromatic nitrogens is 5. The first-order valence-electron chi connectivity index (χ1n) is 13.4. The number of rotatable bonds is 6. The average molecular weight is 513 g/mol. The highest BCUT2D eigenvalue weighted by Gasteiger charge is 2.26. The van der Waals surface area contributed by atoms with Crippen LogP contribution in [0.1, 0.15) is 37.1 Å². The fourth-order valence-electron chi connectivity index (χ4n) is 5.98. The Balaban J connectivity index is 1.12. The van der Waals surface area contributed by atoms with Crippen molar-refractivity contribution in [3.8, 4) is 11.5 Å². The lowest BCUT2D eigenvalue weighted by Crippen LogP contribution is -2.46. The second kappa shape index (κ2) is 9.79. The van der Waals surface area contributed by atoms with Crippen LogP contribution in [0.2, 0.25) is 0 Å². The Labute approximate surface area is 220 Å². The summed E-state index contributed by atoms with van der Waals surface area (Å²) in [6.07, 6.45) is 8.48. The van der Waals surface area contributed by atoms with Gasteiger partial charge in [0.25, 0.3) is 0 Å². The van der Waals surface area contributed by atoms with Crippen LogP contribution in [-0.4, -0.2) is 62.3 Å². The summed E-state index contributed by atoms with van der Waals surface area (Å²) in [5, 5.41) is 15.5.